The number of carbonyl (C=O) groups is 2. The minimum Gasteiger partial charge on any atom is -0.483 e. The third-order valence-corrected chi connectivity index (χ3v) is 3.96. The Morgan fingerprint density at radius 2 is 1.68 bits per heavy atom. The molecule has 132 valence electrons. The van der Waals surface area contributed by atoms with Gasteiger partial charge in [0.2, 0.25) is 0 Å². The zero-order valence-corrected chi connectivity index (χ0v) is 14.7. The number of rotatable bonds is 7. The molecular weight excluding hydrogens is 318 g/mol. The van der Waals surface area contributed by atoms with E-state index in [0.29, 0.717) is 11.3 Å². The number of aliphatic carboxylic acids is 1. The van der Waals surface area contributed by atoms with Crippen molar-refractivity contribution in [1.29, 1.82) is 0 Å². The number of hydrogen-bond donors (Lipinski definition) is 2. The molecule has 0 heterocycles. The van der Waals surface area contributed by atoms with E-state index < -0.39 is 11.9 Å². The zero-order valence-electron chi connectivity index (χ0n) is 14.7. The second-order valence-corrected chi connectivity index (χ2v) is 6.12. The minimum atomic E-state index is -0.974. The first-order chi connectivity index (χ1) is 11.9. The van der Waals surface area contributed by atoms with Gasteiger partial charge in [-0.25, -0.2) is 0 Å². The van der Waals surface area contributed by atoms with Crippen molar-refractivity contribution < 1.29 is 19.4 Å². The lowest BCUT2D eigenvalue weighted by atomic mass is 9.99. The van der Waals surface area contributed by atoms with Crippen molar-refractivity contribution in [1.82, 2.24) is 5.32 Å². The van der Waals surface area contributed by atoms with E-state index in [1.165, 1.54) is 0 Å². The van der Waals surface area contributed by atoms with Gasteiger partial charge in [0.1, 0.15) is 5.75 Å². The van der Waals surface area contributed by atoms with Gasteiger partial charge in [0.15, 0.2) is 6.61 Å². The maximum atomic E-state index is 12.0. The van der Waals surface area contributed by atoms with Gasteiger partial charge in [0, 0.05) is 6.54 Å². The van der Waals surface area contributed by atoms with Crippen LogP contribution in [0.4, 0.5) is 0 Å². The summed E-state index contributed by atoms with van der Waals surface area (Å²) in [7, 11) is 0. The van der Waals surface area contributed by atoms with E-state index in [1.54, 1.807) is 24.3 Å². The Bertz CT molecular complexity index is 733. The first-order valence-electron chi connectivity index (χ1n) is 8.13. The molecule has 0 aliphatic carbocycles. The number of carbonyl (C=O) groups excluding carboxylic acids is 1. The summed E-state index contributed by atoms with van der Waals surface area (Å²) in [4.78, 5) is 23.5. The van der Waals surface area contributed by atoms with Crippen LogP contribution in [0.15, 0.2) is 42.5 Å². The fourth-order valence-corrected chi connectivity index (χ4v) is 2.83. The van der Waals surface area contributed by atoms with E-state index >= 15 is 0 Å². The standard InChI is InChI=1S/C20H23NO4/c1-13-9-14(2)19(15(3)10-13)25-12-18(22)21-11-17(20(23)24)16-7-5-4-6-8-16/h4-10,17H,11-12H2,1-3H3,(H,21,22)(H,23,24). The third kappa shape index (κ3) is 5.08. The Morgan fingerprint density at radius 3 is 2.24 bits per heavy atom. The Kier molecular flexibility index (Phi) is 6.17. The molecule has 0 aliphatic rings. The average Bonchev–Trinajstić information content (AvgIpc) is 2.54. The lowest BCUT2D eigenvalue weighted by Gasteiger charge is -2.15. The molecule has 5 nitrogen and oxygen atoms in total. The molecule has 2 N–H and O–H groups in total. The third-order valence-electron chi connectivity index (χ3n) is 3.96. The molecule has 2 aromatic rings. The molecule has 2 rings (SSSR count). The summed E-state index contributed by atoms with van der Waals surface area (Å²) in [5, 5.41) is 12.0. The fraction of sp³-hybridized carbons (Fsp3) is 0.300. The van der Waals surface area contributed by atoms with E-state index in [2.05, 4.69) is 5.32 Å². The Balaban J connectivity index is 1.93. The lowest BCUT2D eigenvalue weighted by Crippen LogP contribution is -2.34. The average molecular weight is 341 g/mol. The predicted molar refractivity (Wildman–Crippen MR) is 96.0 cm³/mol. The normalized spacial score (nSPS) is 11.6. The highest BCUT2D eigenvalue weighted by atomic mass is 16.5. The van der Waals surface area contributed by atoms with Crippen LogP contribution in [0.1, 0.15) is 28.2 Å². The zero-order chi connectivity index (χ0) is 18.4. The number of hydrogen-bond acceptors (Lipinski definition) is 3. The summed E-state index contributed by atoms with van der Waals surface area (Å²) in [5.74, 6) is -1.41. The largest absolute Gasteiger partial charge is 0.483 e. The van der Waals surface area contributed by atoms with Gasteiger partial charge in [-0.3, -0.25) is 9.59 Å². The van der Waals surface area contributed by atoms with E-state index in [4.69, 9.17) is 4.74 Å². The summed E-state index contributed by atoms with van der Waals surface area (Å²) in [6, 6.07) is 12.8. The van der Waals surface area contributed by atoms with Gasteiger partial charge in [0.25, 0.3) is 5.91 Å². The van der Waals surface area contributed by atoms with Gasteiger partial charge in [-0.05, 0) is 37.5 Å². The molecule has 0 bridgehead atoms. The summed E-state index contributed by atoms with van der Waals surface area (Å²) in [5.41, 5.74) is 3.73. The number of carboxylic acid groups (broad SMARTS) is 1. The lowest BCUT2D eigenvalue weighted by molar-refractivity contribution is -0.138. The number of nitrogens with one attached hydrogen (secondary N) is 1. The molecule has 5 heteroatoms. The van der Waals surface area contributed by atoms with E-state index in [-0.39, 0.29) is 19.1 Å². The number of benzene rings is 2. The minimum absolute atomic E-state index is 0.0212. The molecular formula is C20H23NO4. The van der Waals surface area contributed by atoms with Crippen LogP contribution in [-0.4, -0.2) is 30.1 Å². The Morgan fingerprint density at radius 1 is 1.08 bits per heavy atom. The topological polar surface area (TPSA) is 75.6 Å². The highest BCUT2D eigenvalue weighted by molar-refractivity contribution is 5.80. The molecule has 0 aromatic heterocycles. The van der Waals surface area contributed by atoms with Gasteiger partial charge < -0.3 is 15.2 Å². The fourth-order valence-electron chi connectivity index (χ4n) is 2.83. The van der Waals surface area contributed by atoms with E-state index in [1.807, 2.05) is 39.0 Å². The first kappa shape index (κ1) is 18.5. The number of ether oxygens (including phenoxy) is 1. The summed E-state index contributed by atoms with van der Waals surface area (Å²) >= 11 is 0. The van der Waals surface area contributed by atoms with E-state index in [9.17, 15) is 14.7 Å². The SMILES string of the molecule is Cc1cc(C)c(OCC(=O)NCC(C(=O)O)c2ccccc2)c(C)c1. The van der Waals surface area contributed by atoms with Crippen LogP contribution < -0.4 is 10.1 Å². The van der Waals surface area contributed by atoms with Crippen LogP contribution >= 0.6 is 0 Å². The van der Waals surface area contributed by atoms with Crippen molar-refractivity contribution >= 4 is 11.9 Å². The van der Waals surface area contributed by atoms with Crippen molar-refractivity contribution in [2.24, 2.45) is 0 Å². The van der Waals surface area contributed by atoms with Crippen molar-refractivity contribution in [3.05, 3.63) is 64.7 Å². The van der Waals surface area contributed by atoms with Gasteiger partial charge in [-0.15, -0.1) is 0 Å². The Labute approximate surface area is 147 Å². The van der Waals surface area contributed by atoms with Crippen LogP contribution in [0.25, 0.3) is 0 Å². The highest BCUT2D eigenvalue weighted by Crippen LogP contribution is 2.24. The molecule has 0 aliphatic heterocycles. The van der Waals surface area contributed by atoms with E-state index in [0.717, 1.165) is 16.7 Å². The first-order valence-corrected chi connectivity index (χ1v) is 8.13. The molecule has 0 saturated heterocycles. The van der Waals surface area contributed by atoms with Gasteiger partial charge in [-0.1, -0.05) is 48.0 Å². The molecule has 2 aromatic carbocycles. The maximum Gasteiger partial charge on any atom is 0.312 e. The molecule has 0 radical (unpaired) electrons. The van der Waals surface area contributed by atoms with Crippen molar-refractivity contribution in [3.63, 3.8) is 0 Å². The number of carboxylic acids is 1. The number of aryl methyl sites for hydroxylation is 3. The molecule has 0 fully saturated rings. The van der Waals surface area contributed by atoms with Crippen LogP contribution in [0, 0.1) is 20.8 Å². The van der Waals surface area contributed by atoms with Crippen molar-refractivity contribution in [2.75, 3.05) is 13.2 Å². The smallest absolute Gasteiger partial charge is 0.312 e. The highest BCUT2D eigenvalue weighted by Gasteiger charge is 2.20. The van der Waals surface area contributed by atoms with Crippen LogP contribution in [-0.2, 0) is 9.59 Å². The van der Waals surface area contributed by atoms with Crippen LogP contribution in [0.3, 0.4) is 0 Å². The van der Waals surface area contributed by atoms with Gasteiger partial charge in [-0.2, -0.15) is 0 Å². The molecule has 0 saturated carbocycles. The quantitative estimate of drug-likeness (QED) is 0.812. The summed E-state index contributed by atoms with van der Waals surface area (Å²) < 4.78 is 5.62. The monoisotopic (exact) mass is 341 g/mol. The summed E-state index contributed by atoms with van der Waals surface area (Å²) in [6.45, 7) is 5.75. The second kappa shape index (κ2) is 8.33. The van der Waals surface area contributed by atoms with Crippen molar-refractivity contribution in [2.45, 2.75) is 26.7 Å². The number of amides is 1. The molecule has 25 heavy (non-hydrogen) atoms. The maximum absolute atomic E-state index is 12.0. The van der Waals surface area contributed by atoms with Crippen LogP contribution in [0.5, 0.6) is 5.75 Å². The Hall–Kier alpha value is -2.82. The molecule has 1 atom stereocenters. The molecule has 0 spiro atoms. The van der Waals surface area contributed by atoms with Gasteiger partial charge >= 0.3 is 5.97 Å². The van der Waals surface area contributed by atoms with Crippen LogP contribution in [0.2, 0.25) is 0 Å². The molecule has 1 unspecified atom stereocenters. The molecule has 1 amide bonds. The van der Waals surface area contributed by atoms with Gasteiger partial charge in [0.05, 0.1) is 5.92 Å². The summed E-state index contributed by atoms with van der Waals surface area (Å²) in [6.07, 6.45) is 0. The van der Waals surface area contributed by atoms with Crippen molar-refractivity contribution in [3.8, 4) is 5.75 Å². The predicted octanol–water partition coefficient (Wildman–Crippen LogP) is 2.98. The second-order valence-electron chi connectivity index (χ2n) is 6.12.